The fraction of sp³-hybridized carbons (Fsp3) is 0.429. The van der Waals surface area contributed by atoms with Gasteiger partial charge in [0, 0.05) is 0 Å². The highest BCUT2D eigenvalue weighted by Crippen LogP contribution is 2.17. The number of ketones is 2. The van der Waals surface area contributed by atoms with Crippen molar-refractivity contribution in [1.29, 1.82) is 0 Å². The minimum Gasteiger partial charge on any atom is -0.381 e. The number of aliphatic hydroxyl groups is 2. The summed E-state index contributed by atoms with van der Waals surface area (Å²) in [6.45, 7) is 1.11. The fourth-order valence-corrected chi connectivity index (χ4v) is 0.829. The molecule has 0 aliphatic heterocycles. The van der Waals surface area contributed by atoms with Crippen LogP contribution >= 0.6 is 0 Å². The molecule has 1 rings (SSSR count). The molecule has 0 amide bonds. The Morgan fingerprint density at radius 1 is 1.45 bits per heavy atom. The predicted octanol–water partition coefficient (Wildman–Crippen LogP) is -1.19. The van der Waals surface area contributed by atoms with Crippen LogP contribution in [0, 0.1) is 0 Å². The lowest BCUT2D eigenvalue weighted by atomic mass is 9.86. The minimum atomic E-state index is -1.95. The minimum absolute atomic E-state index is 0.644. The van der Waals surface area contributed by atoms with Gasteiger partial charge < -0.3 is 10.2 Å². The van der Waals surface area contributed by atoms with Gasteiger partial charge in [0.15, 0.2) is 23.3 Å². The van der Waals surface area contributed by atoms with E-state index in [0.29, 0.717) is 0 Å². The Hall–Kier alpha value is -1.00. The van der Waals surface area contributed by atoms with E-state index in [1.54, 1.807) is 0 Å². The van der Waals surface area contributed by atoms with Gasteiger partial charge in [-0.05, 0) is 19.1 Å². The third-order valence-corrected chi connectivity index (χ3v) is 1.70. The topological polar surface area (TPSA) is 74.6 Å². The molecular weight excluding hydrogens is 148 g/mol. The summed E-state index contributed by atoms with van der Waals surface area (Å²) in [5.41, 5.74) is -1.95. The molecule has 1 aliphatic carbocycles. The molecule has 0 bridgehead atoms. The second-order valence-electron chi connectivity index (χ2n) is 2.65. The van der Waals surface area contributed by atoms with Crippen molar-refractivity contribution in [1.82, 2.24) is 0 Å². The zero-order chi connectivity index (χ0) is 8.65. The SMILES string of the molecule is C[C@@]1(O)C(=O)C=CC(=O)[C@@H]1O. The highest BCUT2D eigenvalue weighted by Gasteiger charge is 2.42. The van der Waals surface area contributed by atoms with Crippen LogP contribution in [0.4, 0.5) is 0 Å². The van der Waals surface area contributed by atoms with Crippen LogP contribution in [0.5, 0.6) is 0 Å². The summed E-state index contributed by atoms with van der Waals surface area (Å²) in [4.78, 5) is 21.5. The standard InChI is InChI=1S/C7H8O4/c1-7(11)5(9)3-2-4(8)6(7)10/h2-3,6,10-11H,1H3/t6-,7+/m0/s1. The summed E-state index contributed by atoms with van der Waals surface area (Å²) >= 11 is 0. The van der Waals surface area contributed by atoms with Gasteiger partial charge in [0.1, 0.15) is 0 Å². The van der Waals surface area contributed by atoms with Gasteiger partial charge in [-0.25, -0.2) is 0 Å². The van der Waals surface area contributed by atoms with E-state index in [1.165, 1.54) is 0 Å². The van der Waals surface area contributed by atoms with E-state index in [2.05, 4.69) is 0 Å². The smallest absolute Gasteiger partial charge is 0.190 e. The molecule has 2 N–H and O–H groups in total. The third kappa shape index (κ3) is 1.10. The molecule has 4 nitrogen and oxygen atoms in total. The zero-order valence-electron chi connectivity index (χ0n) is 5.94. The van der Waals surface area contributed by atoms with Gasteiger partial charge in [0.05, 0.1) is 0 Å². The molecule has 60 valence electrons. The fourth-order valence-electron chi connectivity index (χ4n) is 0.829. The summed E-state index contributed by atoms with van der Waals surface area (Å²) < 4.78 is 0. The van der Waals surface area contributed by atoms with Gasteiger partial charge in [-0.3, -0.25) is 9.59 Å². The van der Waals surface area contributed by atoms with Crippen molar-refractivity contribution in [2.24, 2.45) is 0 Å². The summed E-state index contributed by atoms with van der Waals surface area (Å²) in [5, 5.41) is 18.2. The second-order valence-corrected chi connectivity index (χ2v) is 2.65. The Labute approximate surface area is 63.1 Å². The number of aliphatic hydroxyl groups excluding tert-OH is 1. The van der Waals surface area contributed by atoms with E-state index in [0.717, 1.165) is 19.1 Å². The average molecular weight is 156 g/mol. The number of carbonyl (C=O) groups excluding carboxylic acids is 2. The zero-order valence-corrected chi connectivity index (χ0v) is 5.94. The molecule has 0 saturated heterocycles. The normalized spacial score (nSPS) is 37.9. The second kappa shape index (κ2) is 2.25. The molecule has 0 unspecified atom stereocenters. The first-order valence-corrected chi connectivity index (χ1v) is 3.13. The summed E-state index contributed by atoms with van der Waals surface area (Å²) in [6.07, 6.45) is 0.306. The number of hydrogen-bond acceptors (Lipinski definition) is 4. The van der Waals surface area contributed by atoms with Crippen molar-refractivity contribution >= 4 is 11.6 Å². The first kappa shape index (κ1) is 8.10. The van der Waals surface area contributed by atoms with E-state index < -0.39 is 23.3 Å². The van der Waals surface area contributed by atoms with Crippen molar-refractivity contribution in [3.63, 3.8) is 0 Å². The molecule has 1 aliphatic rings. The van der Waals surface area contributed by atoms with Crippen LogP contribution < -0.4 is 0 Å². The molecular formula is C7H8O4. The number of hydrogen-bond donors (Lipinski definition) is 2. The summed E-state index contributed by atoms with van der Waals surface area (Å²) in [7, 11) is 0. The maximum absolute atomic E-state index is 10.8. The maximum atomic E-state index is 10.8. The van der Waals surface area contributed by atoms with Crippen molar-refractivity contribution in [2.45, 2.75) is 18.6 Å². The molecule has 0 saturated carbocycles. The average Bonchev–Trinajstić information content (AvgIpc) is 1.95. The lowest BCUT2D eigenvalue weighted by molar-refractivity contribution is -0.152. The van der Waals surface area contributed by atoms with Gasteiger partial charge >= 0.3 is 0 Å². The van der Waals surface area contributed by atoms with Crippen LogP contribution in [0.15, 0.2) is 12.2 Å². The first-order chi connectivity index (χ1) is 4.96. The molecule has 11 heavy (non-hydrogen) atoms. The quantitative estimate of drug-likeness (QED) is 0.462. The summed E-state index contributed by atoms with van der Waals surface area (Å²) in [5.74, 6) is -1.29. The van der Waals surface area contributed by atoms with Crippen LogP contribution in [-0.4, -0.2) is 33.5 Å². The predicted molar refractivity (Wildman–Crippen MR) is 35.8 cm³/mol. The van der Waals surface area contributed by atoms with Crippen LogP contribution in [0.3, 0.4) is 0 Å². The Bertz CT molecular complexity index is 239. The van der Waals surface area contributed by atoms with Crippen molar-refractivity contribution in [2.75, 3.05) is 0 Å². The largest absolute Gasteiger partial charge is 0.381 e. The van der Waals surface area contributed by atoms with E-state index in [4.69, 9.17) is 5.11 Å². The highest BCUT2D eigenvalue weighted by molar-refractivity contribution is 6.11. The highest BCUT2D eigenvalue weighted by atomic mass is 16.4. The summed E-state index contributed by atoms with van der Waals surface area (Å²) in [6, 6.07) is 0. The number of rotatable bonds is 0. The molecule has 0 fully saturated rings. The van der Waals surface area contributed by atoms with Gasteiger partial charge in [0.2, 0.25) is 0 Å². The molecule has 4 heteroatoms. The van der Waals surface area contributed by atoms with Crippen molar-refractivity contribution in [3.8, 4) is 0 Å². The van der Waals surface area contributed by atoms with E-state index in [1.807, 2.05) is 0 Å². The Balaban J connectivity index is 3.07. The van der Waals surface area contributed by atoms with Crippen molar-refractivity contribution < 1.29 is 19.8 Å². The van der Waals surface area contributed by atoms with Crippen LogP contribution in [0.1, 0.15) is 6.92 Å². The van der Waals surface area contributed by atoms with Crippen LogP contribution in [0.2, 0.25) is 0 Å². The first-order valence-electron chi connectivity index (χ1n) is 3.13. The Kier molecular flexibility index (Phi) is 1.66. The van der Waals surface area contributed by atoms with E-state index in [9.17, 15) is 14.7 Å². The third-order valence-electron chi connectivity index (χ3n) is 1.70. The van der Waals surface area contributed by atoms with Crippen LogP contribution in [0.25, 0.3) is 0 Å². The maximum Gasteiger partial charge on any atom is 0.190 e. The Morgan fingerprint density at radius 2 is 2.00 bits per heavy atom. The monoisotopic (exact) mass is 156 g/mol. The molecule has 2 atom stereocenters. The molecule has 0 aromatic rings. The molecule has 0 aromatic carbocycles. The number of carbonyl (C=O) groups is 2. The van der Waals surface area contributed by atoms with Crippen molar-refractivity contribution in [3.05, 3.63) is 12.2 Å². The lowest BCUT2D eigenvalue weighted by Crippen LogP contribution is -2.52. The van der Waals surface area contributed by atoms with Gasteiger partial charge in [-0.1, -0.05) is 0 Å². The van der Waals surface area contributed by atoms with Gasteiger partial charge in [-0.2, -0.15) is 0 Å². The molecule has 0 aromatic heterocycles. The Morgan fingerprint density at radius 3 is 2.45 bits per heavy atom. The lowest BCUT2D eigenvalue weighted by Gasteiger charge is -2.26. The molecule has 0 radical (unpaired) electrons. The molecule has 0 heterocycles. The van der Waals surface area contributed by atoms with E-state index >= 15 is 0 Å². The van der Waals surface area contributed by atoms with Crippen LogP contribution in [-0.2, 0) is 9.59 Å². The molecule has 0 spiro atoms. The van der Waals surface area contributed by atoms with Gasteiger partial charge in [-0.15, -0.1) is 0 Å². The van der Waals surface area contributed by atoms with Gasteiger partial charge in [0.25, 0.3) is 0 Å². The van der Waals surface area contributed by atoms with E-state index in [-0.39, 0.29) is 0 Å².